The van der Waals surface area contributed by atoms with Crippen LogP contribution in [0.1, 0.15) is 37.0 Å². The Bertz CT molecular complexity index is 785. The van der Waals surface area contributed by atoms with Crippen molar-refractivity contribution in [1.82, 2.24) is 10.2 Å². The van der Waals surface area contributed by atoms with Gasteiger partial charge in [-0.25, -0.2) is 0 Å². The molecule has 2 aromatic carbocycles. The Morgan fingerprint density at radius 3 is 2.28 bits per heavy atom. The highest BCUT2D eigenvalue weighted by molar-refractivity contribution is 5.88. The van der Waals surface area contributed by atoms with Crippen molar-refractivity contribution in [3.8, 4) is 5.75 Å². The quantitative estimate of drug-likeness (QED) is 0.667. The van der Waals surface area contributed by atoms with Crippen molar-refractivity contribution < 1.29 is 14.3 Å². The fourth-order valence-electron chi connectivity index (χ4n) is 3.43. The van der Waals surface area contributed by atoms with Crippen LogP contribution in [-0.2, 0) is 16.0 Å². The van der Waals surface area contributed by atoms with Gasteiger partial charge in [-0.2, -0.15) is 0 Å². The lowest BCUT2D eigenvalue weighted by Gasteiger charge is -2.30. The summed E-state index contributed by atoms with van der Waals surface area (Å²) in [4.78, 5) is 27.2. The molecule has 0 aromatic heterocycles. The molecule has 0 bridgehead atoms. The zero-order valence-electron chi connectivity index (χ0n) is 17.9. The van der Waals surface area contributed by atoms with Crippen molar-refractivity contribution in [3.63, 3.8) is 0 Å². The summed E-state index contributed by atoms with van der Waals surface area (Å²) in [6, 6.07) is 15.4. The molecule has 0 unspecified atom stereocenters. The fraction of sp³-hybridized carbons (Fsp3) is 0.417. The summed E-state index contributed by atoms with van der Waals surface area (Å²) in [7, 11) is 0. The summed E-state index contributed by atoms with van der Waals surface area (Å²) in [5, 5.41) is 2.85. The number of nitrogens with zero attached hydrogens (tertiary/aromatic N) is 1. The average Bonchev–Trinajstić information content (AvgIpc) is 2.69. The Morgan fingerprint density at radius 1 is 1.03 bits per heavy atom. The molecule has 0 spiro atoms. The van der Waals surface area contributed by atoms with E-state index in [2.05, 4.69) is 11.4 Å². The largest absolute Gasteiger partial charge is 0.484 e. The predicted octanol–water partition coefficient (Wildman–Crippen LogP) is 3.67. The molecule has 0 heterocycles. The number of nitrogens with one attached hydrogen (secondary N) is 1. The van der Waals surface area contributed by atoms with Gasteiger partial charge in [-0.05, 0) is 62.4 Å². The van der Waals surface area contributed by atoms with Crippen molar-refractivity contribution in [2.75, 3.05) is 19.7 Å². The number of benzene rings is 2. The summed E-state index contributed by atoms with van der Waals surface area (Å²) in [5.41, 5.74) is 3.30. The van der Waals surface area contributed by atoms with Gasteiger partial charge in [0.2, 0.25) is 5.91 Å². The molecule has 0 aliphatic carbocycles. The molecule has 2 amide bonds. The zero-order valence-corrected chi connectivity index (χ0v) is 17.9. The van der Waals surface area contributed by atoms with E-state index >= 15 is 0 Å². The van der Waals surface area contributed by atoms with Gasteiger partial charge in [0.05, 0.1) is 0 Å². The summed E-state index contributed by atoms with van der Waals surface area (Å²) in [6.45, 7) is 8.71. The van der Waals surface area contributed by atoms with Gasteiger partial charge in [0.25, 0.3) is 5.91 Å². The molecular weight excluding hydrogens is 364 g/mol. The first kappa shape index (κ1) is 22.5. The highest BCUT2D eigenvalue weighted by atomic mass is 16.5. The topological polar surface area (TPSA) is 58.6 Å². The molecule has 0 fully saturated rings. The Hall–Kier alpha value is -2.82. The van der Waals surface area contributed by atoms with Crippen molar-refractivity contribution in [1.29, 1.82) is 0 Å². The summed E-state index contributed by atoms with van der Waals surface area (Å²) in [6.07, 6.45) is 1.24. The van der Waals surface area contributed by atoms with E-state index in [1.165, 1.54) is 0 Å². The number of likely N-dealkylation sites (N-methyl/N-ethyl adjacent to an activating group) is 1. The molecule has 0 saturated carbocycles. The van der Waals surface area contributed by atoms with Crippen LogP contribution in [0, 0.1) is 13.8 Å². The molecule has 1 N–H and O–H groups in total. The van der Waals surface area contributed by atoms with Crippen LogP contribution in [0.25, 0.3) is 0 Å². The maximum Gasteiger partial charge on any atom is 0.261 e. The number of hydrogen-bond donors (Lipinski definition) is 1. The normalized spacial score (nSPS) is 11.6. The van der Waals surface area contributed by atoms with Crippen LogP contribution in [0.2, 0.25) is 0 Å². The fourth-order valence-corrected chi connectivity index (χ4v) is 3.43. The van der Waals surface area contributed by atoms with E-state index in [1.54, 1.807) is 4.90 Å². The molecule has 0 saturated heterocycles. The molecular formula is C24H32N2O3. The zero-order chi connectivity index (χ0) is 21.2. The van der Waals surface area contributed by atoms with Crippen LogP contribution >= 0.6 is 0 Å². The Balaban J connectivity index is 2.12. The second-order valence-electron chi connectivity index (χ2n) is 7.25. The minimum Gasteiger partial charge on any atom is -0.484 e. The molecule has 156 valence electrons. The third-order valence-corrected chi connectivity index (χ3v) is 4.78. The lowest BCUT2D eigenvalue weighted by atomic mass is 10.1. The Labute approximate surface area is 174 Å². The lowest BCUT2D eigenvalue weighted by Crippen LogP contribution is -2.51. The average molecular weight is 397 g/mol. The number of carbonyl (C=O) groups excluding carboxylic acids is 2. The molecule has 2 rings (SSSR count). The first-order valence-corrected chi connectivity index (χ1v) is 10.3. The minimum absolute atomic E-state index is 0.0897. The first-order chi connectivity index (χ1) is 13.9. The standard InChI is InChI=1S/C24H32N2O3/c1-5-22(24(28)25-6-2)26(13-12-20-10-8-7-9-11-20)23(27)17-29-21-15-18(3)14-19(4)16-21/h7-11,14-16,22H,5-6,12-13,17H2,1-4H3,(H,25,28)/t22-/m0/s1. The van der Waals surface area contributed by atoms with E-state index in [0.717, 1.165) is 16.7 Å². The SMILES string of the molecule is CCNC(=O)[C@H](CC)N(CCc1ccccc1)C(=O)COc1cc(C)cc(C)c1. The molecule has 2 aromatic rings. The van der Waals surface area contributed by atoms with Gasteiger partial charge in [0.1, 0.15) is 11.8 Å². The van der Waals surface area contributed by atoms with Crippen molar-refractivity contribution in [2.24, 2.45) is 0 Å². The lowest BCUT2D eigenvalue weighted by molar-refractivity contribution is -0.142. The second-order valence-corrected chi connectivity index (χ2v) is 7.25. The number of ether oxygens (including phenoxy) is 1. The van der Waals surface area contributed by atoms with Gasteiger partial charge in [-0.1, -0.05) is 43.3 Å². The van der Waals surface area contributed by atoms with Gasteiger partial charge in [-0.15, -0.1) is 0 Å². The number of rotatable bonds is 10. The van der Waals surface area contributed by atoms with Crippen LogP contribution in [0.5, 0.6) is 5.75 Å². The maximum atomic E-state index is 13.0. The first-order valence-electron chi connectivity index (χ1n) is 10.3. The predicted molar refractivity (Wildman–Crippen MR) is 116 cm³/mol. The van der Waals surface area contributed by atoms with Crippen LogP contribution in [0.3, 0.4) is 0 Å². The Kier molecular flexibility index (Phi) is 8.71. The van der Waals surface area contributed by atoms with E-state index in [4.69, 9.17) is 4.74 Å². The monoisotopic (exact) mass is 396 g/mol. The number of aryl methyl sites for hydroxylation is 2. The van der Waals surface area contributed by atoms with E-state index in [0.29, 0.717) is 31.7 Å². The van der Waals surface area contributed by atoms with E-state index < -0.39 is 6.04 Å². The smallest absolute Gasteiger partial charge is 0.261 e. The molecule has 29 heavy (non-hydrogen) atoms. The number of amides is 2. The van der Waals surface area contributed by atoms with Crippen LogP contribution in [0.4, 0.5) is 0 Å². The molecule has 1 atom stereocenters. The highest BCUT2D eigenvalue weighted by Gasteiger charge is 2.28. The van der Waals surface area contributed by atoms with Gasteiger partial charge in [0.15, 0.2) is 6.61 Å². The highest BCUT2D eigenvalue weighted by Crippen LogP contribution is 2.17. The summed E-state index contributed by atoms with van der Waals surface area (Å²) >= 11 is 0. The van der Waals surface area contributed by atoms with E-state index in [9.17, 15) is 9.59 Å². The van der Waals surface area contributed by atoms with Crippen molar-refractivity contribution in [2.45, 2.75) is 46.6 Å². The minimum atomic E-state index is -0.506. The van der Waals surface area contributed by atoms with Gasteiger partial charge in [-0.3, -0.25) is 9.59 Å². The van der Waals surface area contributed by atoms with Crippen molar-refractivity contribution >= 4 is 11.8 Å². The molecule has 5 nitrogen and oxygen atoms in total. The van der Waals surface area contributed by atoms with Gasteiger partial charge < -0.3 is 15.0 Å². The van der Waals surface area contributed by atoms with Crippen LogP contribution in [-0.4, -0.2) is 42.5 Å². The number of hydrogen-bond acceptors (Lipinski definition) is 3. The van der Waals surface area contributed by atoms with Gasteiger partial charge >= 0.3 is 0 Å². The van der Waals surface area contributed by atoms with Crippen LogP contribution in [0.15, 0.2) is 48.5 Å². The van der Waals surface area contributed by atoms with Gasteiger partial charge in [0, 0.05) is 13.1 Å². The molecule has 0 radical (unpaired) electrons. The molecule has 5 heteroatoms. The molecule has 0 aliphatic rings. The second kappa shape index (κ2) is 11.2. The van der Waals surface area contributed by atoms with Crippen molar-refractivity contribution in [3.05, 3.63) is 65.2 Å². The maximum absolute atomic E-state index is 13.0. The van der Waals surface area contributed by atoms with Crippen LogP contribution < -0.4 is 10.1 Å². The van der Waals surface area contributed by atoms with E-state index in [-0.39, 0.29) is 18.4 Å². The summed E-state index contributed by atoms with van der Waals surface area (Å²) in [5.74, 6) is 0.367. The summed E-state index contributed by atoms with van der Waals surface area (Å²) < 4.78 is 5.77. The third kappa shape index (κ3) is 6.93. The third-order valence-electron chi connectivity index (χ3n) is 4.78. The van der Waals surface area contributed by atoms with E-state index in [1.807, 2.05) is 70.2 Å². The Morgan fingerprint density at radius 2 is 1.69 bits per heavy atom. The number of carbonyl (C=O) groups is 2. The molecule has 0 aliphatic heterocycles.